The molecule has 0 atom stereocenters. The first kappa shape index (κ1) is 21.1. The second-order valence-corrected chi connectivity index (χ2v) is 8.15. The average Bonchev–Trinajstić information content (AvgIpc) is 3.35. The Morgan fingerprint density at radius 1 is 1.10 bits per heavy atom. The summed E-state index contributed by atoms with van der Waals surface area (Å²) in [5.74, 6) is 0.689. The molecule has 3 heterocycles. The first-order valence-electron chi connectivity index (χ1n) is 11.0. The van der Waals surface area contributed by atoms with Crippen LogP contribution in [0.1, 0.15) is 32.6 Å². The number of H-pyrrole nitrogens is 2. The van der Waals surface area contributed by atoms with Gasteiger partial charge in [-0.05, 0) is 50.6 Å². The fraction of sp³-hybridized carbons (Fsp3) is 0.435. The second kappa shape index (κ2) is 9.78. The molecule has 164 valence electrons. The summed E-state index contributed by atoms with van der Waals surface area (Å²) in [4.78, 5) is 31.3. The molecule has 1 fully saturated rings. The lowest BCUT2D eigenvalue weighted by atomic mass is 10.1. The van der Waals surface area contributed by atoms with E-state index in [1.165, 1.54) is 0 Å². The molecule has 8 nitrogen and oxygen atoms in total. The van der Waals surface area contributed by atoms with E-state index in [1.807, 2.05) is 35.4 Å². The predicted molar refractivity (Wildman–Crippen MR) is 122 cm³/mol. The van der Waals surface area contributed by atoms with Crippen LogP contribution in [0.5, 0.6) is 0 Å². The summed E-state index contributed by atoms with van der Waals surface area (Å²) in [6, 6.07) is 10.0. The average molecular weight is 423 g/mol. The maximum Gasteiger partial charge on any atom is 0.225 e. The van der Waals surface area contributed by atoms with Crippen LogP contribution in [-0.4, -0.2) is 69.5 Å². The number of rotatable bonds is 7. The Kier molecular flexibility index (Phi) is 6.66. The van der Waals surface area contributed by atoms with Crippen LogP contribution in [-0.2, 0) is 9.59 Å². The highest BCUT2D eigenvalue weighted by Gasteiger charge is 2.16. The van der Waals surface area contributed by atoms with Gasteiger partial charge in [0.05, 0.1) is 5.69 Å². The molecule has 4 rings (SSSR count). The SMILES string of the molecule is CC(=O)N1CCCN(CCCCC(=O)Nc2cc(-c3ccc4[nH]ccc4c3)[nH]n2)CC1. The molecular formula is C23H30N6O2. The van der Waals surface area contributed by atoms with E-state index >= 15 is 0 Å². The number of nitrogens with one attached hydrogen (secondary N) is 3. The van der Waals surface area contributed by atoms with Crippen LogP contribution in [0.15, 0.2) is 36.5 Å². The maximum atomic E-state index is 12.3. The molecular weight excluding hydrogens is 392 g/mol. The number of unbranched alkanes of at least 4 members (excludes halogenated alkanes) is 1. The third-order valence-corrected chi connectivity index (χ3v) is 5.87. The molecule has 2 aromatic heterocycles. The highest BCUT2D eigenvalue weighted by atomic mass is 16.2. The molecule has 3 N–H and O–H groups in total. The molecule has 3 aromatic rings. The van der Waals surface area contributed by atoms with Gasteiger partial charge in [-0.25, -0.2) is 0 Å². The number of amides is 2. The Balaban J connectivity index is 1.19. The second-order valence-electron chi connectivity index (χ2n) is 8.15. The Morgan fingerprint density at radius 2 is 2.00 bits per heavy atom. The van der Waals surface area contributed by atoms with Crippen molar-refractivity contribution in [3.8, 4) is 11.3 Å². The van der Waals surface area contributed by atoms with Crippen molar-refractivity contribution in [2.45, 2.75) is 32.6 Å². The van der Waals surface area contributed by atoms with E-state index in [-0.39, 0.29) is 11.8 Å². The largest absolute Gasteiger partial charge is 0.361 e. The number of nitrogens with zero attached hydrogens (tertiary/aromatic N) is 3. The Morgan fingerprint density at radius 3 is 2.87 bits per heavy atom. The number of fused-ring (bicyclic) bond motifs is 1. The summed E-state index contributed by atoms with van der Waals surface area (Å²) in [7, 11) is 0. The molecule has 1 aliphatic rings. The van der Waals surface area contributed by atoms with Crippen LogP contribution < -0.4 is 5.32 Å². The van der Waals surface area contributed by atoms with Gasteiger partial charge in [0.1, 0.15) is 0 Å². The molecule has 0 aliphatic carbocycles. The van der Waals surface area contributed by atoms with Crippen LogP contribution in [0.2, 0.25) is 0 Å². The van der Waals surface area contributed by atoms with Crippen molar-refractivity contribution in [3.63, 3.8) is 0 Å². The number of aromatic amines is 2. The Hall–Kier alpha value is -3.13. The topological polar surface area (TPSA) is 97.1 Å². The summed E-state index contributed by atoms with van der Waals surface area (Å²) in [6.07, 6.45) is 5.21. The van der Waals surface area contributed by atoms with Crippen molar-refractivity contribution in [1.82, 2.24) is 25.0 Å². The smallest absolute Gasteiger partial charge is 0.225 e. The highest BCUT2D eigenvalue weighted by Crippen LogP contribution is 2.24. The first-order valence-corrected chi connectivity index (χ1v) is 11.0. The zero-order valence-electron chi connectivity index (χ0n) is 18.0. The van der Waals surface area contributed by atoms with Gasteiger partial charge in [0.2, 0.25) is 11.8 Å². The van der Waals surface area contributed by atoms with Crippen LogP contribution in [0.3, 0.4) is 0 Å². The number of carbonyl (C=O) groups is 2. The molecule has 0 spiro atoms. The van der Waals surface area contributed by atoms with E-state index in [4.69, 9.17) is 0 Å². The molecule has 1 aromatic carbocycles. The molecule has 0 bridgehead atoms. The number of benzene rings is 1. The highest BCUT2D eigenvalue weighted by molar-refractivity contribution is 5.90. The van der Waals surface area contributed by atoms with Crippen molar-refractivity contribution in [2.24, 2.45) is 0 Å². The van der Waals surface area contributed by atoms with Crippen LogP contribution in [0.4, 0.5) is 5.82 Å². The monoisotopic (exact) mass is 422 g/mol. The van der Waals surface area contributed by atoms with E-state index in [9.17, 15) is 9.59 Å². The summed E-state index contributed by atoms with van der Waals surface area (Å²) in [5.41, 5.74) is 2.99. The van der Waals surface area contributed by atoms with Gasteiger partial charge < -0.3 is 20.1 Å². The van der Waals surface area contributed by atoms with Crippen LogP contribution in [0.25, 0.3) is 22.2 Å². The number of hydrogen-bond donors (Lipinski definition) is 3. The normalized spacial score (nSPS) is 15.2. The Labute approximate surface area is 182 Å². The van der Waals surface area contributed by atoms with E-state index in [0.717, 1.165) is 74.1 Å². The van der Waals surface area contributed by atoms with Gasteiger partial charge >= 0.3 is 0 Å². The molecule has 1 saturated heterocycles. The molecule has 8 heteroatoms. The number of carbonyl (C=O) groups excluding carboxylic acids is 2. The van der Waals surface area contributed by atoms with E-state index in [1.54, 1.807) is 6.92 Å². The van der Waals surface area contributed by atoms with Crippen molar-refractivity contribution in [2.75, 3.05) is 38.0 Å². The molecule has 0 saturated carbocycles. The van der Waals surface area contributed by atoms with Crippen molar-refractivity contribution in [3.05, 3.63) is 36.5 Å². The summed E-state index contributed by atoms with van der Waals surface area (Å²) >= 11 is 0. The minimum absolute atomic E-state index is 0.0160. The summed E-state index contributed by atoms with van der Waals surface area (Å²) < 4.78 is 0. The number of hydrogen-bond acceptors (Lipinski definition) is 4. The van der Waals surface area contributed by atoms with Crippen molar-refractivity contribution in [1.29, 1.82) is 0 Å². The van der Waals surface area contributed by atoms with Gasteiger partial charge in [0.25, 0.3) is 0 Å². The molecule has 0 unspecified atom stereocenters. The van der Waals surface area contributed by atoms with Gasteiger partial charge in [0.15, 0.2) is 5.82 Å². The van der Waals surface area contributed by atoms with Crippen molar-refractivity contribution < 1.29 is 9.59 Å². The fourth-order valence-corrected chi connectivity index (χ4v) is 4.09. The molecule has 0 radical (unpaired) electrons. The fourth-order valence-electron chi connectivity index (χ4n) is 4.09. The minimum Gasteiger partial charge on any atom is -0.361 e. The van der Waals surface area contributed by atoms with Gasteiger partial charge in [0, 0.05) is 61.7 Å². The lowest BCUT2D eigenvalue weighted by Crippen LogP contribution is -2.34. The van der Waals surface area contributed by atoms with Gasteiger partial charge in [-0.15, -0.1) is 0 Å². The first-order chi connectivity index (χ1) is 15.1. The third kappa shape index (κ3) is 5.52. The zero-order valence-corrected chi connectivity index (χ0v) is 18.0. The van der Waals surface area contributed by atoms with E-state index in [0.29, 0.717) is 12.2 Å². The quantitative estimate of drug-likeness (QED) is 0.509. The van der Waals surface area contributed by atoms with Gasteiger partial charge in [-0.3, -0.25) is 14.7 Å². The van der Waals surface area contributed by atoms with E-state index in [2.05, 4.69) is 31.5 Å². The lowest BCUT2D eigenvalue weighted by Gasteiger charge is -2.20. The maximum absolute atomic E-state index is 12.3. The summed E-state index contributed by atoms with van der Waals surface area (Å²) in [5, 5.41) is 11.3. The Bertz CT molecular complexity index is 1040. The van der Waals surface area contributed by atoms with Crippen LogP contribution >= 0.6 is 0 Å². The molecule has 1 aliphatic heterocycles. The standard InChI is InChI=1S/C23H30N6O2/c1-17(30)29-12-4-11-28(13-14-29)10-3-2-5-23(31)25-22-16-21(26-27-22)18-6-7-20-19(15-18)8-9-24-20/h6-9,15-16,24H,2-5,10-14H2,1H3,(H2,25,26,27,31). The van der Waals surface area contributed by atoms with E-state index < -0.39 is 0 Å². The molecule has 2 amide bonds. The van der Waals surface area contributed by atoms with Crippen molar-refractivity contribution >= 4 is 28.5 Å². The zero-order chi connectivity index (χ0) is 21.6. The number of anilines is 1. The summed E-state index contributed by atoms with van der Waals surface area (Å²) in [6.45, 7) is 6.18. The molecule has 31 heavy (non-hydrogen) atoms. The van der Waals surface area contributed by atoms with Crippen LogP contribution in [0, 0.1) is 0 Å². The van der Waals surface area contributed by atoms with Gasteiger partial charge in [-0.2, -0.15) is 5.10 Å². The van der Waals surface area contributed by atoms with Gasteiger partial charge in [-0.1, -0.05) is 6.07 Å². The number of aromatic nitrogens is 3. The minimum atomic E-state index is -0.0160. The lowest BCUT2D eigenvalue weighted by molar-refractivity contribution is -0.128. The predicted octanol–water partition coefficient (Wildman–Crippen LogP) is 3.22. The third-order valence-electron chi connectivity index (χ3n) is 5.87.